The first-order valence-electron chi connectivity index (χ1n) is 11.9. The lowest BCUT2D eigenvalue weighted by Crippen LogP contribution is -2.46. The molecule has 2 N–H and O–H groups in total. The van der Waals surface area contributed by atoms with Crippen LogP contribution in [-0.4, -0.2) is 18.1 Å². The van der Waals surface area contributed by atoms with Crippen molar-refractivity contribution in [3.8, 4) is 0 Å². The summed E-state index contributed by atoms with van der Waals surface area (Å²) in [4.78, 5) is 11.7. The molecule has 0 saturated heterocycles. The van der Waals surface area contributed by atoms with E-state index in [1.165, 1.54) is 89.9 Å². The molecule has 27 heavy (non-hydrogen) atoms. The lowest BCUT2D eigenvalue weighted by atomic mass is 9.91. The van der Waals surface area contributed by atoms with Crippen molar-refractivity contribution in [3.63, 3.8) is 0 Å². The van der Waals surface area contributed by atoms with Crippen LogP contribution in [0, 0.1) is 6.92 Å². The van der Waals surface area contributed by atoms with Crippen molar-refractivity contribution in [3.05, 3.63) is 6.92 Å². The normalized spacial score (nSPS) is 13.6. The average Bonchev–Trinajstić information content (AvgIpc) is 2.66. The van der Waals surface area contributed by atoms with Crippen molar-refractivity contribution in [2.75, 3.05) is 6.61 Å². The lowest BCUT2D eigenvalue weighted by Gasteiger charge is -2.29. The Labute approximate surface area is 170 Å². The van der Waals surface area contributed by atoms with Gasteiger partial charge in [-0.2, -0.15) is 0 Å². The van der Waals surface area contributed by atoms with Crippen molar-refractivity contribution in [2.45, 2.75) is 135 Å². The highest BCUT2D eigenvalue weighted by atomic mass is 16.5. The molecule has 1 atom stereocenters. The first-order chi connectivity index (χ1) is 13.1. The van der Waals surface area contributed by atoms with Crippen LogP contribution in [0.1, 0.15) is 129 Å². The number of primary amides is 1. The maximum absolute atomic E-state index is 11.7. The van der Waals surface area contributed by atoms with Gasteiger partial charge < -0.3 is 10.5 Å². The summed E-state index contributed by atoms with van der Waals surface area (Å²) in [6.45, 7) is 8.56. The van der Waals surface area contributed by atoms with Crippen molar-refractivity contribution in [1.29, 1.82) is 0 Å². The molecule has 1 amide bonds. The second-order valence-electron chi connectivity index (χ2n) is 8.09. The van der Waals surface area contributed by atoms with Crippen LogP contribution in [0.15, 0.2) is 0 Å². The lowest BCUT2D eigenvalue weighted by molar-refractivity contribution is -0.144. The third kappa shape index (κ3) is 14.1. The monoisotopic (exact) mass is 382 g/mol. The third-order valence-electron chi connectivity index (χ3n) is 5.71. The van der Waals surface area contributed by atoms with Crippen LogP contribution in [-0.2, 0) is 9.53 Å². The number of amides is 1. The van der Waals surface area contributed by atoms with Gasteiger partial charge in [0, 0.05) is 6.61 Å². The Morgan fingerprint density at radius 1 is 0.741 bits per heavy atom. The summed E-state index contributed by atoms with van der Waals surface area (Å²) >= 11 is 0. The molecule has 0 saturated carbocycles. The molecule has 0 aromatic heterocycles. The zero-order valence-electron chi connectivity index (χ0n) is 18.5. The Hall–Kier alpha value is -0.570. The number of ether oxygens (including phenoxy) is 1. The number of carbonyl (C=O) groups excluding carboxylic acids is 1. The van der Waals surface area contributed by atoms with Gasteiger partial charge in [-0.1, -0.05) is 110 Å². The molecule has 0 aliphatic rings. The second-order valence-corrected chi connectivity index (χ2v) is 8.09. The van der Waals surface area contributed by atoms with E-state index in [0.717, 1.165) is 12.8 Å². The molecular weight excluding hydrogens is 334 g/mol. The van der Waals surface area contributed by atoms with Gasteiger partial charge in [-0.25, -0.2) is 0 Å². The van der Waals surface area contributed by atoms with Gasteiger partial charge in [-0.05, 0) is 26.7 Å². The van der Waals surface area contributed by atoms with E-state index in [1.54, 1.807) is 0 Å². The zero-order chi connectivity index (χ0) is 20.2. The molecule has 0 bridgehead atoms. The molecule has 1 radical (unpaired) electrons. The van der Waals surface area contributed by atoms with Crippen LogP contribution in [0.5, 0.6) is 0 Å². The number of hydrogen-bond donors (Lipinski definition) is 1. The highest BCUT2D eigenvalue weighted by Crippen LogP contribution is 2.24. The second kappa shape index (κ2) is 18.8. The van der Waals surface area contributed by atoms with E-state index in [1.807, 2.05) is 6.92 Å². The number of unbranched alkanes of at least 4 members (excludes halogenated alkanes) is 15. The minimum Gasteiger partial charge on any atom is -0.367 e. The quantitative estimate of drug-likeness (QED) is 0.215. The predicted octanol–water partition coefficient (Wildman–Crippen LogP) is 7.12. The largest absolute Gasteiger partial charge is 0.367 e. The Kier molecular flexibility index (Phi) is 18.4. The predicted molar refractivity (Wildman–Crippen MR) is 118 cm³/mol. The molecule has 3 nitrogen and oxygen atoms in total. The molecule has 0 fully saturated rings. The van der Waals surface area contributed by atoms with Crippen LogP contribution in [0.3, 0.4) is 0 Å². The Balaban J connectivity index is 3.41. The summed E-state index contributed by atoms with van der Waals surface area (Å²) in [6.07, 6.45) is 22.7. The summed E-state index contributed by atoms with van der Waals surface area (Å²) in [5.41, 5.74) is 4.69. The van der Waals surface area contributed by atoms with Gasteiger partial charge in [-0.15, -0.1) is 0 Å². The molecule has 0 spiro atoms. The highest BCUT2D eigenvalue weighted by molar-refractivity contribution is 5.83. The summed E-state index contributed by atoms with van der Waals surface area (Å²) in [5, 5.41) is 0. The maximum Gasteiger partial charge on any atom is 0.249 e. The van der Waals surface area contributed by atoms with Gasteiger partial charge in [0.1, 0.15) is 5.60 Å². The highest BCUT2D eigenvalue weighted by Gasteiger charge is 2.34. The number of hydrogen-bond acceptors (Lipinski definition) is 2. The van der Waals surface area contributed by atoms with E-state index in [9.17, 15) is 4.79 Å². The first kappa shape index (κ1) is 26.4. The smallest absolute Gasteiger partial charge is 0.249 e. The molecule has 0 aliphatic carbocycles. The number of carbonyl (C=O) groups is 1. The minimum atomic E-state index is -0.843. The van der Waals surface area contributed by atoms with E-state index in [4.69, 9.17) is 10.5 Å². The summed E-state index contributed by atoms with van der Waals surface area (Å²) in [6, 6.07) is 0. The standard InChI is InChI=1S/C24H48NO2/c1-4-7-8-9-10-11-12-13-14-15-16-17-18-19-20-21-22-24(5-2,23(25)26)27-6-3/h2,4-22H2,1,3H3,(H2,25,26). The van der Waals surface area contributed by atoms with Crippen molar-refractivity contribution >= 4 is 5.91 Å². The fourth-order valence-electron chi connectivity index (χ4n) is 3.82. The molecular formula is C24H48NO2. The van der Waals surface area contributed by atoms with Crippen molar-refractivity contribution in [1.82, 2.24) is 0 Å². The molecule has 3 heteroatoms. The van der Waals surface area contributed by atoms with Gasteiger partial charge >= 0.3 is 0 Å². The fourth-order valence-corrected chi connectivity index (χ4v) is 3.82. The molecule has 0 rings (SSSR count). The molecule has 0 aliphatic heterocycles. The zero-order valence-corrected chi connectivity index (χ0v) is 18.5. The van der Waals surface area contributed by atoms with Gasteiger partial charge in [0.15, 0.2) is 0 Å². The number of rotatable bonds is 21. The Morgan fingerprint density at radius 2 is 1.11 bits per heavy atom. The molecule has 0 aromatic carbocycles. The van der Waals surface area contributed by atoms with Gasteiger partial charge in [0.2, 0.25) is 5.91 Å². The van der Waals surface area contributed by atoms with Crippen molar-refractivity contribution < 1.29 is 9.53 Å². The van der Waals surface area contributed by atoms with Crippen molar-refractivity contribution in [2.24, 2.45) is 5.73 Å². The third-order valence-corrected chi connectivity index (χ3v) is 5.71. The Morgan fingerprint density at radius 3 is 1.41 bits per heavy atom. The van der Waals surface area contributed by atoms with Crippen LogP contribution in [0.2, 0.25) is 0 Å². The first-order valence-corrected chi connectivity index (χ1v) is 11.9. The van der Waals surface area contributed by atoms with Crippen LogP contribution >= 0.6 is 0 Å². The van der Waals surface area contributed by atoms with E-state index in [0.29, 0.717) is 19.4 Å². The Bertz CT molecular complexity index is 332. The molecule has 0 heterocycles. The molecule has 0 aromatic rings. The topological polar surface area (TPSA) is 52.3 Å². The van der Waals surface area contributed by atoms with Gasteiger partial charge in [-0.3, -0.25) is 4.79 Å². The van der Waals surface area contributed by atoms with Gasteiger partial charge in [0.05, 0.1) is 0 Å². The maximum atomic E-state index is 11.7. The summed E-state index contributed by atoms with van der Waals surface area (Å²) in [7, 11) is 0. The molecule has 1 unspecified atom stereocenters. The summed E-state index contributed by atoms with van der Waals surface area (Å²) in [5.74, 6) is -0.361. The van der Waals surface area contributed by atoms with E-state index >= 15 is 0 Å². The minimum absolute atomic E-state index is 0.361. The van der Waals surface area contributed by atoms with Crippen LogP contribution in [0.4, 0.5) is 0 Å². The van der Waals surface area contributed by atoms with Crippen LogP contribution in [0.25, 0.3) is 0 Å². The summed E-state index contributed by atoms with van der Waals surface area (Å²) < 4.78 is 5.63. The van der Waals surface area contributed by atoms with E-state index in [-0.39, 0.29) is 5.91 Å². The SMILES string of the molecule is [CH2]CC(CCCCCCCCCCCCCCCCCC)(OCC)C(N)=O. The molecule has 161 valence electrons. The van der Waals surface area contributed by atoms with E-state index in [2.05, 4.69) is 13.8 Å². The number of nitrogens with two attached hydrogens (primary N) is 1. The van der Waals surface area contributed by atoms with Crippen LogP contribution < -0.4 is 5.73 Å². The van der Waals surface area contributed by atoms with Gasteiger partial charge in [0.25, 0.3) is 0 Å². The fraction of sp³-hybridized carbons (Fsp3) is 0.917. The van der Waals surface area contributed by atoms with E-state index < -0.39 is 5.60 Å². The average molecular weight is 383 g/mol.